The number of hydrogen-bond donors (Lipinski definition) is 0. The lowest BCUT2D eigenvalue weighted by atomic mass is 10.2. The second-order valence-corrected chi connectivity index (χ2v) is 6.49. The largest absolute Gasteiger partial charge is 0.352 e. The molecule has 8 nitrogen and oxygen atoms in total. The molecule has 0 radical (unpaired) electrons. The first-order chi connectivity index (χ1) is 13.8. The van der Waals surface area contributed by atoms with Gasteiger partial charge in [0.05, 0.1) is 5.56 Å². The Morgan fingerprint density at radius 3 is 2.32 bits per heavy atom. The lowest BCUT2D eigenvalue weighted by Gasteiger charge is -2.35. The maximum absolute atomic E-state index is 14.2. The van der Waals surface area contributed by atoms with Crippen LogP contribution < -0.4 is 9.80 Å². The van der Waals surface area contributed by atoms with Gasteiger partial charge in [-0.15, -0.1) is 15.3 Å². The third kappa shape index (κ3) is 2.90. The minimum absolute atomic E-state index is 0.347. The van der Waals surface area contributed by atoms with E-state index in [-0.39, 0.29) is 5.82 Å². The fourth-order valence-corrected chi connectivity index (χ4v) is 3.35. The van der Waals surface area contributed by atoms with E-state index < -0.39 is 0 Å². The molecule has 0 atom stereocenters. The number of rotatable bonds is 3. The molecule has 1 aliphatic rings. The summed E-state index contributed by atoms with van der Waals surface area (Å²) in [4.78, 5) is 13.0. The Kier molecular flexibility index (Phi) is 4.04. The Bertz CT molecular complexity index is 1110. The van der Waals surface area contributed by atoms with Crippen molar-refractivity contribution in [2.45, 2.75) is 0 Å². The van der Waals surface area contributed by atoms with E-state index in [1.807, 2.05) is 18.2 Å². The van der Waals surface area contributed by atoms with Gasteiger partial charge in [-0.1, -0.05) is 12.1 Å². The van der Waals surface area contributed by atoms with E-state index in [4.69, 9.17) is 0 Å². The van der Waals surface area contributed by atoms with E-state index in [0.29, 0.717) is 17.0 Å². The van der Waals surface area contributed by atoms with Crippen LogP contribution >= 0.6 is 0 Å². The molecule has 0 amide bonds. The van der Waals surface area contributed by atoms with Gasteiger partial charge in [0.15, 0.2) is 11.5 Å². The minimum atomic E-state index is -0.347. The van der Waals surface area contributed by atoms with Crippen LogP contribution in [0.4, 0.5) is 16.2 Å². The van der Waals surface area contributed by atoms with Gasteiger partial charge in [-0.05, 0) is 30.3 Å². The average molecular weight is 376 g/mol. The Balaban J connectivity index is 1.42. The van der Waals surface area contributed by atoms with Gasteiger partial charge in [-0.2, -0.15) is 4.52 Å². The molecular weight excluding hydrogens is 359 g/mol. The molecule has 140 valence electrons. The molecule has 0 bridgehead atoms. The van der Waals surface area contributed by atoms with Gasteiger partial charge in [-0.25, -0.2) is 14.4 Å². The molecule has 28 heavy (non-hydrogen) atoms. The zero-order valence-electron chi connectivity index (χ0n) is 15.0. The van der Waals surface area contributed by atoms with E-state index >= 15 is 0 Å². The van der Waals surface area contributed by atoms with Crippen LogP contribution in [0.5, 0.6) is 0 Å². The molecule has 0 spiro atoms. The Labute approximate surface area is 160 Å². The maximum atomic E-state index is 14.2. The number of benzene rings is 1. The van der Waals surface area contributed by atoms with E-state index in [0.717, 1.165) is 37.9 Å². The topological polar surface area (TPSA) is 75.3 Å². The van der Waals surface area contributed by atoms with Gasteiger partial charge >= 0.3 is 0 Å². The van der Waals surface area contributed by atoms with Gasteiger partial charge < -0.3 is 9.80 Å². The van der Waals surface area contributed by atoms with Crippen molar-refractivity contribution in [2.75, 3.05) is 36.0 Å². The summed E-state index contributed by atoms with van der Waals surface area (Å²) in [7, 11) is 0. The normalized spacial score (nSPS) is 14.6. The minimum Gasteiger partial charge on any atom is -0.352 e. The fourth-order valence-electron chi connectivity index (χ4n) is 3.35. The number of anilines is 2. The predicted molar refractivity (Wildman–Crippen MR) is 103 cm³/mol. The number of nitrogens with zero attached hydrogens (tertiary/aromatic N) is 8. The number of aromatic nitrogens is 6. The van der Waals surface area contributed by atoms with E-state index in [2.05, 4.69) is 35.1 Å². The van der Waals surface area contributed by atoms with Crippen molar-refractivity contribution < 1.29 is 4.39 Å². The average Bonchev–Trinajstić information content (AvgIpc) is 3.18. The van der Waals surface area contributed by atoms with Crippen molar-refractivity contribution in [1.82, 2.24) is 29.8 Å². The highest BCUT2D eigenvalue weighted by Crippen LogP contribution is 2.23. The highest BCUT2D eigenvalue weighted by atomic mass is 19.1. The monoisotopic (exact) mass is 376 g/mol. The molecule has 3 aromatic heterocycles. The smallest absolute Gasteiger partial charge is 0.225 e. The van der Waals surface area contributed by atoms with Crippen LogP contribution in [0.3, 0.4) is 0 Å². The summed E-state index contributed by atoms with van der Waals surface area (Å²) in [5.74, 6) is 1.59. The molecule has 0 aliphatic carbocycles. The summed E-state index contributed by atoms with van der Waals surface area (Å²) in [5, 5.41) is 12.9. The summed E-state index contributed by atoms with van der Waals surface area (Å²) >= 11 is 0. The summed E-state index contributed by atoms with van der Waals surface area (Å²) in [6.45, 7) is 3.17. The maximum Gasteiger partial charge on any atom is 0.225 e. The molecule has 0 unspecified atom stereocenters. The molecule has 1 fully saturated rings. The predicted octanol–water partition coefficient (Wildman–Crippen LogP) is 2.05. The number of hydrogen-bond acceptors (Lipinski definition) is 7. The quantitative estimate of drug-likeness (QED) is 0.542. The van der Waals surface area contributed by atoms with Crippen molar-refractivity contribution in [1.29, 1.82) is 0 Å². The first-order valence-corrected chi connectivity index (χ1v) is 9.04. The van der Waals surface area contributed by atoms with Crippen molar-refractivity contribution in [3.05, 3.63) is 60.7 Å². The molecule has 9 heteroatoms. The molecule has 1 aliphatic heterocycles. The number of halogens is 1. The molecule has 0 N–H and O–H groups in total. The summed E-state index contributed by atoms with van der Waals surface area (Å²) in [5.41, 5.74) is 0.962. The van der Waals surface area contributed by atoms with Crippen molar-refractivity contribution in [2.24, 2.45) is 0 Å². The highest BCUT2D eigenvalue weighted by molar-refractivity contribution is 5.60. The SMILES string of the molecule is Fc1ccccc1-c1nnc2ccc(N3CCN(c4ncccn4)CC3)nn12. The van der Waals surface area contributed by atoms with E-state index in [1.54, 1.807) is 35.1 Å². The molecule has 1 aromatic carbocycles. The van der Waals surface area contributed by atoms with E-state index in [9.17, 15) is 4.39 Å². The Morgan fingerprint density at radius 2 is 1.54 bits per heavy atom. The standard InChI is InChI=1S/C19H17FN8/c20-15-5-2-1-4-14(15)18-24-23-16-6-7-17(25-28(16)18)26-10-12-27(13-11-26)19-21-8-3-9-22-19/h1-9H,10-13H2. The second kappa shape index (κ2) is 6.84. The van der Waals surface area contributed by atoms with Crippen LogP contribution in [-0.4, -0.2) is 56.0 Å². The summed E-state index contributed by atoms with van der Waals surface area (Å²) in [6.07, 6.45) is 3.50. The summed E-state index contributed by atoms with van der Waals surface area (Å²) < 4.78 is 15.8. The molecule has 4 heterocycles. The van der Waals surface area contributed by atoms with Gasteiger partial charge in [0, 0.05) is 38.6 Å². The molecule has 0 saturated carbocycles. The second-order valence-electron chi connectivity index (χ2n) is 6.49. The third-order valence-electron chi connectivity index (χ3n) is 4.80. The van der Waals surface area contributed by atoms with Gasteiger partial charge in [0.2, 0.25) is 5.95 Å². The zero-order valence-corrected chi connectivity index (χ0v) is 15.0. The van der Waals surface area contributed by atoms with Crippen LogP contribution in [0, 0.1) is 5.82 Å². The van der Waals surface area contributed by atoms with Gasteiger partial charge in [-0.3, -0.25) is 0 Å². The van der Waals surface area contributed by atoms with Crippen molar-refractivity contribution in [3.8, 4) is 11.4 Å². The zero-order chi connectivity index (χ0) is 18.9. The molecular formula is C19H17FN8. The van der Waals surface area contributed by atoms with Crippen molar-refractivity contribution >= 4 is 17.4 Å². The van der Waals surface area contributed by atoms with E-state index in [1.165, 1.54) is 6.07 Å². The summed E-state index contributed by atoms with van der Waals surface area (Å²) in [6, 6.07) is 12.1. The Hall–Kier alpha value is -3.62. The van der Waals surface area contributed by atoms with Crippen LogP contribution in [0.15, 0.2) is 54.9 Å². The fraction of sp³-hybridized carbons (Fsp3) is 0.211. The Morgan fingerprint density at radius 1 is 0.786 bits per heavy atom. The van der Waals surface area contributed by atoms with Gasteiger partial charge in [0.25, 0.3) is 0 Å². The first kappa shape index (κ1) is 16.5. The number of piperazine rings is 1. The van der Waals surface area contributed by atoms with Crippen LogP contribution in [0.25, 0.3) is 17.0 Å². The molecule has 5 rings (SSSR count). The first-order valence-electron chi connectivity index (χ1n) is 9.04. The third-order valence-corrected chi connectivity index (χ3v) is 4.80. The van der Waals surface area contributed by atoms with Crippen LogP contribution in [-0.2, 0) is 0 Å². The van der Waals surface area contributed by atoms with Crippen LogP contribution in [0.1, 0.15) is 0 Å². The lowest BCUT2D eigenvalue weighted by molar-refractivity contribution is 0.625. The van der Waals surface area contributed by atoms with Gasteiger partial charge in [0.1, 0.15) is 11.6 Å². The highest BCUT2D eigenvalue weighted by Gasteiger charge is 2.21. The number of fused-ring (bicyclic) bond motifs is 1. The van der Waals surface area contributed by atoms with Crippen molar-refractivity contribution in [3.63, 3.8) is 0 Å². The lowest BCUT2D eigenvalue weighted by Crippen LogP contribution is -2.47. The molecule has 1 saturated heterocycles. The van der Waals surface area contributed by atoms with Crippen LogP contribution in [0.2, 0.25) is 0 Å². The molecule has 4 aromatic rings.